The number of carbonyl (C=O) groups is 3. The molecule has 0 radical (unpaired) electrons. The lowest BCUT2D eigenvalue weighted by Gasteiger charge is -2.19. The summed E-state index contributed by atoms with van der Waals surface area (Å²) in [5.74, 6) is -1.95. The van der Waals surface area contributed by atoms with Crippen LogP contribution in [0.25, 0.3) is 11.4 Å². The van der Waals surface area contributed by atoms with Crippen LogP contribution >= 0.6 is 0 Å². The first-order chi connectivity index (χ1) is 36.7. The number of phenols is 3. The van der Waals surface area contributed by atoms with Crippen LogP contribution in [0.2, 0.25) is 0 Å². The molecular weight excluding hydrogens is 1000 g/mol. The quantitative estimate of drug-likeness (QED) is 0.0296. The lowest BCUT2D eigenvalue weighted by atomic mass is 10.0. The van der Waals surface area contributed by atoms with E-state index in [2.05, 4.69) is 20.5 Å². The zero-order valence-electron chi connectivity index (χ0n) is 42.7. The average molecular weight is 1070 g/mol. The van der Waals surface area contributed by atoms with Crippen LogP contribution in [0, 0.1) is 0 Å². The van der Waals surface area contributed by atoms with Gasteiger partial charge in [0, 0.05) is 45.9 Å². The molecule has 0 bridgehead atoms. The number of amidine groups is 1. The van der Waals surface area contributed by atoms with Crippen molar-refractivity contribution in [3.8, 4) is 45.9 Å². The molecule has 1 atom stereocenters. The Labute approximate surface area is 437 Å². The molecule has 0 amide bonds. The Kier molecular flexibility index (Phi) is 26.8. The standard InChI is InChI=1S/C18H26N2O7.C17H22N2O7.C15H18N2O6/c1-18(17(22)23)12-19-16(20-18)13-4-3-5-14(15(13)21)27-11-10-26-9-8-25-7-6-24-2;1-23-6-7-24-8-9-25-10-11-26-13-2-3-15(16(20)12-13)19-5-4-14(18-19)17(21)22;1-21-6-7-22-8-9-23-11-2-3-13(14(18)10-11)17-5-4-12(16-17)15(19)20/h3-5,21H,6-12H2,1-2H3,(H,19,20)(H,22,23);2-5,12,20H,6-11H2,1H3,(H,21,22);2-5,10,18H,6-9H2,1H3,(H,19,20). The molecular formula is C50H66N6O20. The molecule has 26 heteroatoms. The van der Waals surface area contributed by atoms with E-state index in [0.29, 0.717) is 133 Å². The van der Waals surface area contributed by atoms with Gasteiger partial charge in [-0.25, -0.2) is 23.7 Å². The molecule has 0 spiro atoms. The molecule has 0 aliphatic carbocycles. The van der Waals surface area contributed by atoms with E-state index in [0.717, 1.165) is 0 Å². The van der Waals surface area contributed by atoms with Crippen LogP contribution in [-0.2, 0) is 42.7 Å². The third-order valence-electron chi connectivity index (χ3n) is 10.2. The lowest BCUT2D eigenvalue weighted by molar-refractivity contribution is -0.142. The molecule has 0 saturated carbocycles. The second-order valence-corrected chi connectivity index (χ2v) is 15.9. The number of aromatic hydroxyl groups is 3. The molecule has 3 heterocycles. The number of methoxy groups -OCH3 is 3. The van der Waals surface area contributed by atoms with Gasteiger partial charge in [0.05, 0.1) is 98.0 Å². The summed E-state index contributed by atoms with van der Waals surface area (Å²) < 4.78 is 60.2. The van der Waals surface area contributed by atoms with Crippen molar-refractivity contribution >= 4 is 23.7 Å². The fourth-order valence-electron chi connectivity index (χ4n) is 6.22. The highest BCUT2D eigenvalue weighted by molar-refractivity contribution is 6.06. The van der Waals surface area contributed by atoms with E-state index in [1.807, 2.05) is 0 Å². The van der Waals surface area contributed by atoms with Gasteiger partial charge in [-0.05, 0) is 55.5 Å². The Morgan fingerprint density at radius 3 is 1.33 bits per heavy atom. The van der Waals surface area contributed by atoms with E-state index in [4.69, 9.17) is 62.3 Å². The molecule has 6 rings (SSSR count). The summed E-state index contributed by atoms with van der Waals surface area (Å²) in [6, 6.07) is 17.0. The fourth-order valence-corrected chi connectivity index (χ4v) is 6.22. The van der Waals surface area contributed by atoms with Crippen molar-refractivity contribution in [2.45, 2.75) is 12.5 Å². The molecule has 416 valence electrons. The van der Waals surface area contributed by atoms with E-state index >= 15 is 0 Å². The number of phenolic OH excluding ortho intramolecular Hbond substituents is 3. The summed E-state index contributed by atoms with van der Waals surface area (Å²) >= 11 is 0. The second kappa shape index (κ2) is 33.4. The van der Waals surface area contributed by atoms with Gasteiger partial charge in [-0.1, -0.05) is 6.07 Å². The molecule has 0 fully saturated rings. The number of ether oxygens (including phenoxy) is 11. The molecule has 76 heavy (non-hydrogen) atoms. The number of carboxylic acid groups (broad SMARTS) is 3. The number of benzene rings is 3. The zero-order valence-corrected chi connectivity index (χ0v) is 42.7. The van der Waals surface area contributed by atoms with Crippen LogP contribution in [0.1, 0.15) is 33.5 Å². The number of nitrogens with zero attached hydrogens (tertiary/aromatic N) is 5. The predicted molar refractivity (Wildman–Crippen MR) is 269 cm³/mol. The number of rotatable bonds is 33. The number of aromatic carboxylic acids is 2. The third kappa shape index (κ3) is 20.6. The van der Waals surface area contributed by atoms with Crippen LogP contribution in [0.15, 0.2) is 84.1 Å². The Balaban J connectivity index is 0.000000247. The highest BCUT2D eigenvalue weighted by Gasteiger charge is 2.39. The third-order valence-corrected chi connectivity index (χ3v) is 10.2. The van der Waals surface area contributed by atoms with Gasteiger partial charge in [0.2, 0.25) is 0 Å². The van der Waals surface area contributed by atoms with Crippen LogP contribution < -0.4 is 19.5 Å². The molecule has 2 aromatic heterocycles. The van der Waals surface area contributed by atoms with Gasteiger partial charge in [-0.15, -0.1) is 0 Å². The Morgan fingerprint density at radius 2 is 0.961 bits per heavy atom. The van der Waals surface area contributed by atoms with Crippen LogP contribution in [0.4, 0.5) is 0 Å². The number of hydrogen-bond acceptors (Lipinski definition) is 21. The first-order valence-corrected chi connectivity index (χ1v) is 23.6. The van der Waals surface area contributed by atoms with Gasteiger partial charge >= 0.3 is 17.9 Å². The van der Waals surface area contributed by atoms with Gasteiger partial charge in [0.1, 0.15) is 60.0 Å². The van der Waals surface area contributed by atoms with Crippen molar-refractivity contribution in [1.82, 2.24) is 24.9 Å². The van der Waals surface area contributed by atoms with E-state index in [1.54, 1.807) is 70.7 Å². The first-order valence-electron chi connectivity index (χ1n) is 23.6. The number of nitrogens with one attached hydrogen (secondary N) is 1. The predicted octanol–water partition coefficient (Wildman–Crippen LogP) is 3.30. The molecule has 7 N–H and O–H groups in total. The number of aliphatic carboxylic acids is 1. The Hall–Kier alpha value is -7.56. The summed E-state index contributed by atoms with van der Waals surface area (Å²) in [4.78, 5) is 37.2. The number of aliphatic imine (C=N–C) groups is 1. The summed E-state index contributed by atoms with van der Waals surface area (Å²) in [5, 5.41) is 68.1. The summed E-state index contributed by atoms with van der Waals surface area (Å²) in [6.45, 7) is 8.71. The van der Waals surface area contributed by atoms with Gasteiger partial charge in [0.15, 0.2) is 28.4 Å². The summed E-state index contributed by atoms with van der Waals surface area (Å²) in [6.07, 6.45) is 2.92. The van der Waals surface area contributed by atoms with E-state index in [-0.39, 0.29) is 47.5 Å². The highest BCUT2D eigenvalue weighted by Crippen LogP contribution is 2.32. The van der Waals surface area contributed by atoms with Crippen molar-refractivity contribution in [3.05, 3.63) is 96.1 Å². The maximum absolute atomic E-state index is 11.3. The van der Waals surface area contributed by atoms with Crippen molar-refractivity contribution in [3.63, 3.8) is 0 Å². The van der Waals surface area contributed by atoms with Crippen LogP contribution in [0.5, 0.6) is 34.5 Å². The van der Waals surface area contributed by atoms with Crippen molar-refractivity contribution in [2.75, 3.05) is 134 Å². The fraction of sp³-hybridized carbons (Fsp3) is 0.440. The van der Waals surface area contributed by atoms with E-state index in [9.17, 15) is 34.8 Å². The molecule has 3 aromatic carbocycles. The molecule has 26 nitrogen and oxygen atoms in total. The van der Waals surface area contributed by atoms with Crippen LogP contribution in [0.3, 0.4) is 0 Å². The number of hydrogen-bond donors (Lipinski definition) is 7. The number of aromatic nitrogens is 4. The average Bonchev–Trinajstić information content (AvgIpc) is 4.21. The largest absolute Gasteiger partial charge is 0.506 e. The lowest BCUT2D eigenvalue weighted by Crippen LogP contribution is -2.50. The van der Waals surface area contributed by atoms with Crippen molar-refractivity contribution in [2.24, 2.45) is 4.99 Å². The first kappa shape index (κ1) is 61.0. The molecule has 0 saturated heterocycles. The topological polar surface area (TPSA) is 334 Å². The maximum atomic E-state index is 11.3. The number of carboxylic acids is 3. The Morgan fingerprint density at radius 1 is 0.553 bits per heavy atom. The summed E-state index contributed by atoms with van der Waals surface area (Å²) in [7, 11) is 4.83. The van der Waals surface area contributed by atoms with E-state index < -0.39 is 23.4 Å². The Bertz CT molecular complexity index is 2570. The minimum absolute atomic E-state index is 0.0668. The zero-order chi connectivity index (χ0) is 55.1. The molecule has 5 aromatic rings. The van der Waals surface area contributed by atoms with Gasteiger partial charge in [-0.3, -0.25) is 4.99 Å². The smallest absolute Gasteiger partial charge is 0.356 e. The van der Waals surface area contributed by atoms with Gasteiger partial charge in [0.25, 0.3) is 0 Å². The van der Waals surface area contributed by atoms with E-state index in [1.165, 1.54) is 46.0 Å². The maximum Gasteiger partial charge on any atom is 0.356 e. The number of para-hydroxylation sites is 1. The highest BCUT2D eigenvalue weighted by atomic mass is 16.6. The molecule has 1 aliphatic heterocycles. The van der Waals surface area contributed by atoms with Gasteiger partial charge < -0.3 is 88.1 Å². The molecule has 1 unspecified atom stereocenters. The minimum Gasteiger partial charge on any atom is -0.506 e. The SMILES string of the molecule is COCCOCCOCCOc1ccc(-n2ccc(C(=O)O)n2)c(O)c1.COCCOCCOCCOc1cccc(C2=NCC(C)(C(=O)O)N2)c1O.COCCOCCOc1ccc(-n2ccc(C(=O)O)n2)c(O)c1. The second-order valence-electron chi connectivity index (χ2n) is 15.9. The summed E-state index contributed by atoms with van der Waals surface area (Å²) in [5.41, 5.74) is -0.274. The van der Waals surface area contributed by atoms with Crippen molar-refractivity contribution < 1.29 is 97.1 Å². The monoisotopic (exact) mass is 1070 g/mol. The molecule has 1 aliphatic rings. The normalized spacial score (nSPS) is 13.6. The minimum atomic E-state index is -1.18. The van der Waals surface area contributed by atoms with Gasteiger partial charge in [-0.2, -0.15) is 10.2 Å². The van der Waals surface area contributed by atoms with Crippen molar-refractivity contribution in [1.29, 1.82) is 0 Å². The van der Waals surface area contributed by atoms with Crippen LogP contribution in [-0.4, -0.2) is 213 Å².